The minimum atomic E-state index is -0.787. The number of halogens is 1. The summed E-state index contributed by atoms with van der Waals surface area (Å²) in [6, 6.07) is 6.92. The van der Waals surface area contributed by atoms with Crippen molar-refractivity contribution in [1.29, 1.82) is 0 Å². The monoisotopic (exact) mass is 339 g/mol. The van der Waals surface area contributed by atoms with E-state index >= 15 is 0 Å². The second kappa shape index (κ2) is 9.23. The van der Waals surface area contributed by atoms with Gasteiger partial charge >= 0.3 is 0 Å². The lowest BCUT2D eigenvalue weighted by Crippen LogP contribution is -2.45. The molecule has 0 bridgehead atoms. The number of piperazine rings is 1. The van der Waals surface area contributed by atoms with Crippen molar-refractivity contribution in [3.05, 3.63) is 34.9 Å². The molecule has 1 atom stereocenters. The maximum absolute atomic E-state index is 11.9. The second-order valence-corrected chi connectivity index (χ2v) is 6.56. The van der Waals surface area contributed by atoms with E-state index in [0.29, 0.717) is 17.1 Å². The molecule has 0 saturated carbocycles. The van der Waals surface area contributed by atoms with Crippen LogP contribution in [0.2, 0.25) is 5.02 Å². The summed E-state index contributed by atoms with van der Waals surface area (Å²) in [6.45, 7) is 6.07. The molecule has 1 saturated heterocycles. The predicted octanol–water partition coefficient (Wildman–Crippen LogP) is 1.52. The zero-order chi connectivity index (χ0) is 16.7. The summed E-state index contributed by atoms with van der Waals surface area (Å²) in [7, 11) is 2.14. The van der Waals surface area contributed by atoms with Gasteiger partial charge in [0, 0.05) is 37.7 Å². The zero-order valence-electron chi connectivity index (χ0n) is 13.7. The van der Waals surface area contributed by atoms with Crippen LogP contribution in [-0.2, 0) is 4.79 Å². The van der Waals surface area contributed by atoms with Gasteiger partial charge in [-0.25, -0.2) is 0 Å². The molecule has 0 aromatic heterocycles. The van der Waals surface area contributed by atoms with Crippen LogP contribution in [0.5, 0.6) is 0 Å². The second-order valence-electron chi connectivity index (χ2n) is 6.12. The Morgan fingerprint density at radius 2 is 1.91 bits per heavy atom. The lowest BCUT2D eigenvalue weighted by molar-refractivity contribution is -0.123. The normalized spacial score (nSPS) is 17.9. The van der Waals surface area contributed by atoms with Crippen molar-refractivity contribution in [2.24, 2.45) is 0 Å². The average Bonchev–Trinajstić information content (AvgIpc) is 2.54. The van der Waals surface area contributed by atoms with Gasteiger partial charge in [-0.15, -0.1) is 0 Å². The highest BCUT2D eigenvalue weighted by molar-refractivity contribution is 6.30. The first-order valence-corrected chi connectivity index (χ1v) is 8.53. The van der Waals surface area contributed by atoms with Crippen LogP contribution in [0.3, 0.4) is 0 Å². The number of carbonyl (C=O) groups is 1. The van der Waals surface area contributed by atoms with Crippen molar-refractivity contribution in [2.45, 2.75) is 18.9 Å². The summed E-state index contributed by atoms with van der Waals surface area (Å²) in [5.74, 6) is -0.120. The summed E-state index contributed by atoms with van der Waals surface area (Å²) in [6.07, 6.45) is 0.229. The van der Waals surface area contributed by atoms with E-state index in [1.165, 1.54) is 0 Å². The molecule has 0 aliphatic carbocycles. The summed E-state index contributed by atoms with van der Waals surface area (Å²) in [5, 5.41) is 13.6. The molecule has 1 amide bonds. The topological polar surface area (TPSA) is 55.8 Å². The number of hydrogen-bond donors (Lipinski definition) is 2. The van der Waals surface area contributed by atoms with Crippen molar-refractivity contribution in [2.75, 3.05) is 46.3 Å². The van der Waals surface area contributed by atoms with Crippen LogP contribution in [0.15, 0.2) is 24.3 Å². The number of aliphatic hydroxyl groups excluding tert-OH is 1. The molecule has 1 heterocycles. The first-order valence-electron chi connectivity index (χ1n) is 8.16. The number of nitrogens with zero attached hydrogens (tertiary/aromatic N) is 2. The Labute approximate surface area is 143 Å². The fourth-order valence-electron chi connectivity index (χ4n) is 2.65. The third-order valence-corrected chi connectivity index (χ3v) is 4.45. The zero-order valence-corrected chi connectivity index (χ0v) is 14.4. The molecule has 1 unspecified atom stereocenters. The van der Waals surface area contributed by atoms with Crippen LogP contribution in [0, 0.1) is 0 Å². The summed E-state index contributed by atoms with van der Waals surface area (Å²) >= 11 is 5.81. The van der Waals surface area contributed by atoms with Gasteiger partial charge in [0.05, 0.1) is 12.5 Å². The molecule has 2 N–H and O–H groups in total. The number of amides is 1. The highest BCUT2D eigenvalue weighted by Crippen LogP contribution is 2.18. The molecule has 1 aromatic carbocycles. The van der Waals surface area contributed by atoms with Crippen LogP contribution in [0.4, 0.5) is 0 Å². The lowest BCUT2D eigenvalue weighted by Gasteiger charge is -2.32. The smallest absolute Gasteiger partial charge is 0.222 e. The van der Waals surface area contributed by atoms with E-state index in [4.69, 9.17) is 11.6 Å². The van der Waals surface area contributed by atoms with E-state index in [9.17, 15) is 9.90 Å². The maximum atomic E-state index is 11.9. The Balaban J connectivity index is 1.60. The molecule has 1 aliphatic rings. The Morgan fingerprint density at radius 1 is 1.26 bits per heavy atom. The summed E-state index contributed by atoms with van der Waals surface area (Å²) in [5.41, 5.74) is 0.710. The van der Waals surface area contributed by atoms with Crippen molar-refractivity contribution in [3.8, 4) is 0 Å². The molecule has 23 heavy (non-hydrogen) atoms. The average molecular weight is 340 g/mol. The molecule has 1 aromatic rings. The van der Waals surface area contributed by atoms with Crippen LogP contribution in [0.1, 0.15) is 24.5 Å². The van der Waals surface area contributed by atoms with Gasteiger partial charge in [-0.05, 0) is 37.7 Å². The summed E-state index contributed by atoms with van der Waals surface area (Å²) < 4.78 is 0. The third-order valence-electron chi connectivity index (χ3n) is 4.20. The van der Waals surface area contributed by atoms with Crippen molar-refractivity contribution >= 4 is 17.5 Å². The van der Waals surface area contributed by atoms with Crippen LogP contribution in [-0.4, -0.2) is 67.1 Å². The van der Waals surface area contributed by atoms with E-state index in [1.54, 1.807) is 24.3 Å². The quantitative estimate of drug-likeness (QED) is 0.740. The SMILES string of the molecule is CN1CCN(CCCNC(=O)CC(O)c2ccc(Cl)cc2)CC1. The number of aliphatic hydroxyl groups is 1. The number of rotatable bonds is 7. The Morgan fingerprint density at radius 3 is 2.57 bits per heavy atom. The van der Waals surface area contributed by atoms with Gasteiger partial charge in [-0.1, -0.05) is 23.7 Å². The van der Waals surface area contributed by atoms with Crippen LogP contribution < -0.4 is 5.32 Å². The van der Waals surface area contributed by atoms with Crippen molar-refractivity contribution in [3.63, 3.8) is 0 Å². The molecule has 1 fully saturated rings. The molecule has 0 spiro atoms. The molecule has 128 valence electrons. The number of likely N-dealkylation sites (N-methyl/N-ethyl adjacent to an activating group) is 1. The molecule has 5 nitrogen and oxygen atoms in total. The van der Waals surface area contributed by atoms with E-state index < -0.39 is 6.10 Å². The van der Waals surface area contributed by atoms with E-state index in [0.717, 1.165) is 39.1 Å². The fraction of sp³-hybridized carbons (Fsp3) is 0.588. The largest absolute Gasteiger partial charge is 0.388 e. The highest BCUT2D eigenvalue weighted by Gasteiger charge is 2.14. The van der Waals surface area contributed by atoms with Crippen LogP contribution >= 0.6 is 11.6 Å². The van der Waals surface area contributed by atoms with Crippen molar-refractivity contribution in [1.82, 2.24) is 15.1 Å². The van der Waals surface area contributed by atoms with E-state index in [1.807, 2.05) is 0 Å². The lowest BCUT2D eigenvalue weighted by atomic mass is 10.1. The minimum absolute atomic E-state index is 0.0795. The molecule has 0 radical (unpaired) electrons. The van der Waals surface area contributed by atoms with E-state index in [2.05, 4.69) is 22.2 Å². The number of benzene rings is 1. The molecular weight excluding hydrogens is 314 g/mol. The Kier molecular flexibility index (Phi) is 7.30. The highest BCUT2D eigenvalue weighted by atomic mass is 35.5. The van der Waals surface area contributed by atoms with Crippen molar-refractivity contribution < 1.29 is 9.90 Å². The third kappa shape index (κ3) is 6.47. The maximum Gasteiger partial charge on any atom is 0.222 e. The van der Waals surface area contributed by atoms with Gasteiger partial charge in [0.2, 0.25) is 5.91 Å². The number of carbonyl (C=O) groups excluding carboxylic acids is 1. The van der Waals surface area contributed by atoms with Gasteiger partial charge in [0.1, 0.15) is 0 Å². The number of nitrogens with one attached hydrogen (secondary N) is 1. The predicted molar refractivity (Wildman–Crippen MR) is 92.6 cm³/mol. The van der Waals surface area contributed by atoms with E-state index in [-0.39, 0.29) is 12.3 Å². The first-order chi connectivity index (χ1) is 11.0. The van der Waals surface area contributed by atoms with Gasteiger partial charge in [0.25, 0.3) is 0 Å². The Hall–Kier alpha value is -1.14. The Bertz CT molecular complexity index is 487. The van der Waals surface area contributed by atoms with Crippen LogP contribution in [0.25, 0.3) is 0 Å². The van der Waals surface area contributed by atoms with Gasteiger partial charge in [-0.3, -0.25) is 4.79 Å². The van der Waals surface area contributed by atoms with Gasteiger partial charge in [0.15, 0.2) is 0 Å². The minimum Gasteiger partial charge on any atom is -0.388 e. The summed E-state index contributed by atoms with van der Waals surface area (Å²) in [4.78, 5) is 16.6. The molecular formula is C17H26ClN3O2. The standard InChI is InChI=1S/C17H26ClN3O2/c1-20-9-11-21(12-10-20)8-2-7-19-17(23)13-16(22)14-3-5-15(18)6-4-14/h3-6,16,22H,2,7-13H2,1H3,(H,19,23). The molecule has 6 heteroatoms. The first kappa shape index (κ1) is 18.2. The van der Waals surface area contributed by atoms with Gasteiger partial charge < -0.3 is 20.2 Å². The number of hydrogen-bond acceptors (Lipinski definition) is 4. The molecule has 2 rings (SSSR count). The van der Waals surface area contributed by atoms with Gasteiger partial charge in [-0.2, -0.15) is 0 Å². The molecule has 1 aliphatic heterocycles. The fourth-order valence-corrected chi connectivity index (χ4v) is 2.78.